The summed E-state index contributed by atoms with van der Waals surface area (Å²) in [6, 6.07) is 8.21. The van der Waals surface area contributed by atoms with Crippen molar-refractivity contribution in [2.75, 3.05) is 33.9 Å². The molecule has 1 saturated heterocycles. The lowest BCUT2D eigenvalue weighted by molar-refractivity contribution is -0.136. The number of carbonyl (C=O) groups excluding carboxylic acids is 1. The highest BCUT2D eigenvalue weighted by atomic mass is 35.5. The van der Waals surface area contributed by atoms with Gasteiger partial charge in [0.15, 0.2) is 0 Å². The third-order valence-corrected chi connectivity index (χ3v) is 4.37. The Morgan fingerprint density at radius 1 is 1.21 bits per heavy atom. The molecule has 1 aromatic rings. The number of amides is 1. The summed E-state index contributed by atoms with van der Waals surface area (Å²) in [7, 11) is 4.08. The number of hydrogen-bond donors (Lipinski definition) is 2. The van der Waals surface area contributed by atoms with Gasteiger partial charge in [0.2, 0.25) is 5.91 Å². The maximum absolute atomic E-state index is 12.6. The molecule has 1 aliphatic heterocycles. The van der Waals surface area contributed by atoms with E-state index in [1.165, 1.54) is 5.56 Å². The first-order valence-corrected chi connectivity index (χ1v) is 7.85. The fourth-order valence-electron chi connectivity index (χ4n) is 2.87. The van der Waals surface area contributed by atoms with Crippen LogP contribution in [0.15, 0.2) is 24.3 Å². The van der Waals surface area contributed by atoms with Crippen LogP contribution in [0.4, 0.5) is 0 Å². The molecular formula is C17H29Cl2N3O2. The second-order valence-electron chi connectivity index (χ2n) is 6.29. The van der Waals surface area contributed by atoms with E-state index in [0.29, 0.717) is 39.1 Å². The Balaban J connectivity index is 0.00000264. The minimum Gasteiger partial charge on any atom is -0.381 e. The van der Waals surface area contributed by atoms with Crippen LogP contribution in [0.2, 0.25) is 0 Å². The maximum atomic E-state index is 12.6. The van der Waals surface area contributed by atoms with Crippen LogP contribution in [0.25, 0.3) is 0 Å². The average Bonchev–Trinajstić information content (AvgIpc) is 2.54. The van der Waals surface area contributed by atoms with Gasteiger partial charge >= 0.3 is 0 Å². The van der Waals surface area contributed by atoms with Crippen LogP contribution in [-0.4, -0.2) is 44.7 Å². The smallest absolute Gasteiger partial charge is 0.227 e. The number of nitrogens with zero attached hydrogens (tertiary/aromatic N) is 1. The van der Waals surface area contributed by atoms with Crippen LogP contribution < -0.4 is 11.1 Å². The van der Waals surface area contributed by atoms with Crippen LogP contribution >= 0.6 is 24.8 Å². The molecule has 0 radical (unpaired) electrons. The molecule has 138 valence electrons. The van der Waals surface area contributed by atoms with Gasteiger partial charge in [-0.2, -0.15) is 0 Å². The Morgan fingerprint density at radius 3 is 2.33 bits per heavy atom. The number of rotatable bonds is 6. The molecule has 0 spiro atoms. The van der Waals surface area contributed by atoms with E-state index >= 15 is 0 Å². The number of hydrogen-bond acceptors (Lipinski definition) is 4. The van der Waals surface area contributed by atoms with Gasteiger partial charge in [-0.25, -0.2) is 0 Å². The maximum Gasteiger partial charge on any atom is 0.227 e. The molecule has 0 bridgehead atoms. The molecule has 0 aromatic heterocycles. The lowest BCUT2D eigenvalue weighted by Crippen LogP contribution is -2.49. The van der Waals surface area contributed by atoms with Crippen molar-refractivity contribution in [3.8, 4) is 0 Å². The number of halogens is 2. The van der Waals surface area contributed by atoms with E-state index in [4.69, 9.17) is 10.5 Å². The van der Waals surface area contributed by atoms with Gasteiger partial charge in [-0.05, 0) is 38.1 Å². The predicted molar refractivity (Wildman–Crippen MR) is 102 cm³/mol. The van der Waals surface area contributed by atoms with Gasteiger partial charge in [-0.3, -0.25) is 4.79 Å². The molecule has 1 fully saturated rings. The van der Waals surface area contributed by atoms with Gasteiger partial charge < -0.3 is 20.7 Å². The monoisotopic (exact) mass is 377 g/mol. The van der Waals surface area contributed by atoms with Gasteiger partial charge in [0, 0.05) is 32.8 Å². The third kappa shape index (κ3) is 5.90. The molecule has 1 aliphatic rings. The largest absolute Gasteiger partial charge is 0.381 e. The van der Waals surface area contributed by atoms with Gasteiger partial charge in [0.05, 0.1) is 5.41 Å². The van der Waals surface area contributed by atoms with E-state index in [1.807, 2.05) is 26.2 Å². The number of benzene rings is 1. The summed E-state index contributed by atoms with van der Waals surface area (Å²) < 4.78 is 5.36. The van der Waals surface area contributed by atoms with Crippen LogP contribution in [0.5, 0.6) is 0 Å². The van der Waals surface area contributed by atoms with Crippen LogP contribution in [0.3, 0.4) is 0 Å². The highest BCUT2D eigenvalue weighted by Crippen LogP contribution is 2.29. The zero-order chi connectivity index (χ0) is 16.0. The molecule has 5 nitrogen and oxygen atoms in total. The Kier molecular flexibility index (Phi) is 10.5. The second-order valence-corrected chi connectivity index (χ2v) is 6.29. The molecule has 1 amide bonds. The van der Waals surface area contributed by atoms with Crippen molar-refractivity contribution in [3.05, 3.63) is 35.4 Å². The standard InChI is InChI=1S/C17H27N3O2.2ClH/c1-20(2)12-15-6-4-3-5-14(15)11-19-16(21)17(13-18)7-9-22-10-8-17;;/h3-6H,7-13,18H2,1-2H3,(H,19,21);2*1H. The molecule has 0 saturated carbocycles. The number of carbonyl (C=O) groups is 1. The van der Waals surface area contributed by atoms with Crippen molar-refractivity contribution in [1.29, 1.82) is 0 Å². The van der Waals surface area contributed by atoms with Gasteiger partial charge in [-0.1, -0.05) is 24.3 Å². The van der Waals surface area contributed by atoms with E-state index < -0.39 is 5.41 Å². The van der Waals surface area contributed by atoms with E-state index in [-0.39, 0.29) is 30.7 Å². The Bertz CT molecular complexity index is 506. The van der Waals surface area contributed by atoms with Crippen molar-refractivity contribution < 1.29 is 9.53 Å². The quantitative estimate of drug-likeness (QED) is 0.794. The lowest BCUT2D eigenvalue weighted by atomic mass is 9.79. The first-order chi connectivity index (χ1) is 10.6. The normalized spacial score (nSPS) is 16.0. The predicted octanol–water partition coefficient (Wildman–Crippen LogP) is 1.96. The number of nitrogens with two attached hydrogens (primary N) is 1. The van der Waals surface area contributed by atoms with E-state index in [1.54, 1.807) is 0 Å². The van der Waals surface area contributed by atoms with Gasteiger partial charge in [0.1, 0.15) is 0 Å². The first kappa shape index (κ1) is 23.1. The minimum absolute atomic E-state index is 0. The summed E-state index contributed by atoms with van der Waals surface area (Å²) in [6.07, 6.45) is 1.41. The minimum atomic E-state index is -0.464. The summed E-state index contributed by atoms with van der Waals surface area (Å²) in [4.78, 5) is 14.7. The molecule has 0 unspecified atom stereocenters. The number of nitrogens with one attached hydrogen (secondary N) is 1. The summed E-state index contributed by atoms with van der Waals surface area (Å²) in [5.41, 5.74) is 7.81. The molecular weight excluding hydrogens is 349 g/mol. The van der Waals surface area contributed by atoms with Gasteiger partial charge in [0.25, 0.3) is 0 Å². The lowest BCUT2D eigenvalue weighted by Gasteiger charge is -2.34. The third-order valence-electron chi connectivity index (χ3n) is 4.37. The molecule has 24 heavy (non-hydrogen) atoms. The van der Waals surface area contributed by atoms with Crippen LogP contribution in [0, 0.1) is 5.41 Å². The van der Waals surface area contributed by atoms with Crippen LogP contribution in [0.1, 0.15) is 24.0 Å². The Labute approximate surface area is 157 Å². The van der Waals surface area contributed by atoms with E-state index in [2.05, 4.69) is 22.3 Å². The summed E-state index contributed by atoms with van der Waals surface area (Å²) in [5.74, 6) is 0.0537. The molecule has 1 aromatic carbocycles. The zero-order valence-electron chi connectivity index (χ0n) is 14.4. The molecule has 0 aliphatic carbocycles. The Hall–Kier alpha value is -0.850. The highest BCUT2D eigenvalue weighted by molar-refractivity contribution is 5.85. The summed E-state index contributed by atoms with van der Waals surface area (Å²) in [5, 5.41) is 3.08. The topological polar surface area (TPSA) is 67.6 Å². The molecule has 1 heterocycles. The van der Waals surface area contributed by atoms with Crippen molar-refractivity contribution in [1.82, 2.24) is 10.2 Å². The SMILES string of the molecule is CN(C)Cc1ccccc1CNC(=O)C1(CN)CCOCC1.Cl.Cl. The van der Waals surface area contributed by atoms with Crippen molar-refractivity contribution in [3.63, 3.8) is 0 Å². The van der Waals surface area contributed by atoms with E-state index in [0.717, 1.165) is 12.1 Å². The average molecular weight is 378 g/mol. The molecule has 3 N–H and O–H groups in total. The van der Waals surface area contributed by atoms with Crippen LogP contribution in [-0.2, 0) is 22.6 Å². The van der Waals surface area contributed by atoms with Gasteiger partial charge in [-0.15, -0.1) is 24.8 Å². The molecule has 0 atom stereocenters. The zero-order valence-corrected chi connectivity index (χ0v) is 16.0. The highest BCUT2D eigenvalue weighted by Gasteiger charge is 2.38. The molecule has 7 heteroatoms. The van der Waals surface area contributed by atoms with Crippen molar-refractivity contribution >= 4 is 30.7 Å². The fraction of sp³-hybridized carbons (Fsp3) is 0.588. The summed E-state index contributed by atoms with van der Waals surface area (Å²) in [6.45, 7) is 3.01. The fourth-order valence-corrected chi connectivity index (χ4v) is 2.87. The molecule has 2 rings (SSSR count). The summed E-state index contributed by atoms with van der Waals surface area (Å²) >= 11 is 0. The Morgan fingerprint density at radius 2 is 1.79 bits per heavy atom. The van der Waals surface area contributed by atoms with Crippen molar-refractivity contribution in [2.24, 2.45) is 11.1 Å². The van der Waals surface area contributed by atoms with Crippen molar-refractivity contribution in [2.45, 2.75) is 25.9 Å². The van der Waals surface area contributed by atoms with E-state index in [9.17, 15) is 4.79 Å². The second kappa shape index (κ2) is 10.9. The number of ether oxygens (including phenoxy) is 1. The first-order valence-electron chi connectivity index (χ1n) is 7.85.